The number of benzene rings is 1. The monoisotopic (exact) mass is 329 g/mol. The van der Waals surface area contributed by atoms with Gasteiger partial charge in [-0.2, -0.15) is 5.10 Å². The lowest BCUT2D eigenvalue weighted by Crippen LogP contribution is -2.13. The number of amides is 1. The van der Waals surface area contributed by atoms with Crippen LogP contribution in [0.25, 0.3) is 0 Å². The molecule has 24 heavy (non-hydrogen) atoms. The van der Waals surface area contributed by atoms with Crippen LogP contribution in [0.2, 0.25) is 0 Å². The highest BCUT2D eigenvalue weighted by molar-refractivity contribution is 5.92. The second kappa shape index (κ2) is 7.51. The predicted octanol–water partition coefficient (Wildman–Crippen LogP) is 3.74. The van der Waals surface area contributed by atoms with Crippen molar-refractivity contribution < 1.29 is 9.90 Å². The van der Waals surface area contributed by atoms with Gasteiger partial charge in [-0.3, -0.25) is 9.48 Å². The molecule has 5 nitrogen and oxygen atoms in total. The smallest absolute Gasteiger partial charge is 0.224 e. The van der Waals surface area contributed by atoms with Gasteiger partial charge in [0.25, 0.3) is 0 Å². The molecule has 2 aromatic rings. The van der Waals surface area contributed by atoms with Crippen molar-refractivity contribution in [2.75, 3.05) is 5.32 Å². The predicted molar refractivity (Wildman–Crippen MR) is 96.3 cm³/mol. The zero-order chi connectivity index (χ0) is 17.9. The molecule has 0 aliphatic carbocycles. The fourth-order valence-electron chi connectivity index (χ4n) is 2.82. The van der Waals surface area contributed by atoms with Gasteiger partial charge in [-0.15, -0.1) is 0 Å². The Morgan fingerprint density at radius 2 is 2.00 bits per heavy atom. The SMILES string of the molecule is Cc1ccc(NC(=O)CCc2c(C)nn(CC(C)C)c2C)c(O)c1. The van der Waals surface area contributed by atoms with Crippen molar-refractivity contribution in [1.29, 1.82) is 0 Å². The number of carbonyl (C=O) groups is 1. The number of carbonyl (C=O) groups excluding carboxylic acids is 1. The molecule has 1 amide bonds. The molecule has 0 bridgehead atoms. The van der Waals surface area contributed by atoms with Crippen LogP contribution in [0.3, 0.4) is 0 Å². The number of nitrogens with zero attached hydrogens (tertiary/aromatic N) is 2. The summed E-state index contributed by atoms with van der Waals surface area (Å²) >= 11 is 0. The van der Waals surface area contributed by atoms with Crippen LogP contribution in [0, 0.1) is 26.7 Å². The molecule has 5 heteroatoms. The normalized spacial score (nSPS) is 11.1. The van der Waals surface area contributed by atoms with Gasteiger partial charge >= 0.3 is 0 Å². The third-order valence-corrected chi connectivity index (χ3v) is 4.10. The summed E-state index contributed by atoms with van der Waals surface area (Å²) in [6.45, 7) is 11.2. The van der Waals surface area contributed by atoms with E-state index >= 15 is 0 Å². The third kappa shape index (κ3) is 4.37. The summed E-state index contributed by atoms with van der Waals surface area (Å²) < 4.78 is 2.03. The average Bonchev–Trinajstić information content (AvgIpc) is 2.74. The fourth-order valence-corrected chi connectivity index (χ4v) is 2.82. The number of aromatic hydroxyl groups is 1. The molecule has 1 aromatic heterocycles. The molecule has 0 atom stereocenters. The van der Waals surface area contributed by atoms with Gasteiger partial charge in [-0.1, -0.05) is 19.9 Å². The van der Waals surface area contributed by atoms with E-state index < -0.39 is 0 Å². The Labute approximate surface area is 143 Å². The molecule has 0 unspecified atom stereocenters. The first-order valence-electron chi connectivity index (χ1n) is 8.40. The Hall–Kier alpha value is -2.30. The number of phenols is 1. The Balaban J connectivity index is 2.00. The fraction of sp³-hybridized carbons (Fsp3) is 0.474. The van der Waals surface area contributed by atoms with Crippen molar-refractivity contribution in [3.8, 4) is 5.75 Å². The number of hydrogen-bond donors (Lipinski definition) is 2. The van der Waals surface area contributed by atoms with E-state index in [2.05, 4.69) is 31.2 Å². The Morgan fingerprint density at radius 3 is 2.62 bits per heavy atom. The quantitative estimate of drug-likeness (QED) is 0.793. The Bertz CT molecular complexity index is 732. The summed E-state index contributed by atoms with van der Waals surface area (Å²) in [5, 5.41) is 17.2. The molecule has 0 saturated heterocycles. The van der Waals surface area contributed by atoms with Crippen LogP contribution < -0.4 is 5.32 Å². The highest BCUT2D eigenvalue weighted by Gasteiger charge is 2.14. The minimum Gasteiger partial charge on any atom is -0.506 e. The Kier molecular flexibility index (Phi) is 5.65. The van der Waals surface area contributed by atoms with Crippen molar-refractivity contribution in [3.63, 3.8) is 0 Å². The summed E-state index contributed by atoms with van der Waals surface area (Å²) in [5.74, 6) is 0.522. The van der Waals surface area contributed by atoms with Crippen molar-refractivity contribution in [1.82, 2.24) is 9.78 Å². The number of phenolic OH excluding ortho intramolecular Hbond substituents is 1. The summed E-state index contributed by atoms with van der Waals surface area (Å²) in [4.78, 5) is 12.2. The molecule has 0 aliphatic heterocycles. The van der Waals surface area contributed by atoms with Crippen LogP contribution in [0.5, 0.6) is 5.75 Å². The van der Waals surface area contributed by atoms with E-state index in [1.54, 1.807) is 12.1 Å². The maximum Gasteiger partial charge on any atom is 0.224 e. The minimum atomic E-state index is -0.107. The third-order valence-electron chi connectivity index (χ3n) is 4.10. The Morgan fingerprint density at radius 1 is 1.29 bits per heavy atom. The second-order valence-electron chi connectivity index (χ2n) is 6.79. The number of aryl methyl sites for hydroxylation is 2. The summed E-state index contributed by atoms with van der Waals surface area (Å²) in [5.41, 5.74) is 4.66. The van der Waals surface area contributed by atoms with Crippen LogP contribution >= 0.6 is 0 Å². The molecule has 0 saturated carbocycles. The lowest BCUT2D eigenvalue weighted by Gasteiger charge is -2.09. The zero-order valence-electron chi connectivity index (χ0n) is 15.2. The topological polar surface area (TPSA) is 67.2 Å². The van der Waals surface area contributed by atoms with Gasteiger partial charge < -0.3 is 10.4 Å². The molecule has 2 N–H and O–H groups in total. The molecule has 2 rings (SSSR count). The summed E-state index contributed by atoms with van der Waals surface area (Å²) in [6, 6.07) is 5.22. The molecule has 0 fully saturated rings. The van der Waals surface area contributed by atoms with Crippen LogP contribution in [0.15, 0.2) is 18.2 Å². The molecular formula is C19H27N3O2. The van der Waals surface area contributed by atoms with Gasteiger partial charge in [0.2, 0.25) is 5.91 Å². The number of hydrogen-bond acceptors (Lipinski definition) is 3. The highest BCUT2D eigenvalue weighted by atomic mass is 16.3. The van der Waals surface area contributed by atoms with Gasteiger partial charge in [0.15, 0.2) is 0 Å². The largest absolute Gasteiger partial charge is 0.506 e. The van der Waals surface area contributed by atoms with E-state index in [0.717, 1.165) is 29.1 Å². The van der Waals surface area contributed by atoms with Crippen molar-refractivity contribution in [3.05, 3.63) is 40.7 Å². The lowest BCUT2D eigenvalue weighted by atomic mass is 10.1. The van der Waals surface area contributed by atoms with Crippen LogP contribution in [-0.2, 0) is 17.8 Å². The van der Waals surface area contributed by atoms with Gasteiger partial charge in [-0.25, -0.2) is 0 Å². The first kappa shape index (κ1) is 18.0. The van der Waals surface area contributed by atoms with E-state index in [-0.39, 0.29) is 11.7 Å². The number of aromatic nitrogens is 2. The van der Waals surface area contributed by atoms with Gasteiger partial charge in [0.05, 0.1) is 11.4 Å². The standard InChI is InChI=1S/C19H27N3O2/c1-12(2)11-22-15(5)16(14(4)21-22)7-9-19(24)20-17-8-6-13(3)10-18(17)23/h6,8,10,12,23H,7,9,11H2,1-5H3,(H,20,24). The number of rotatable bonds is 6. The summed E-state index contributed by atoms with van der Waals surface area (Å²) in [6.07, 6.45) is 1.01. The maximum atomic E-state index is 12.2. The van der Waals surface area contributed by atoms with Crippen molar-refractivity contribution in [2.24, 2.45) is 5.92 Å². The molecule has 130 valence electrons. The molecular weight excluding hydrogens is 302 g/mol. The highest BCUT2D eigenvalue weighted by Crippen LogP contribution is 2.24. The second-order valence-corrected chi connectivity index (χ2v) is 6.79. The first-order valence-corrected chi connectivity index (χ1v) is 8.40. The number of anilines is 1. The lowest BCUT2D eigenvalue weighted by molar-refractivity contribution is -0.116. The number of nitrogens with one attached hydrogen (secondary N) is 1. The molecule has 1 aromatic carbocycles. The van der Waals surface area contributed by atoms with Crippen molar-refractivity contribution >= 4 is 11.6 Å². The van der Waals surface area contributed by atoms with Crippen molar-refractivity contribution in [2.45, 2.75) is 54.0 Å². The molecule has 0 radical (unpaired) electrons. The zero-order valence-corrected chi connectivity index (χ0v) is 15.2. The van der Waals surface area contributed by atoms with E-state index in [4.69, 9.17) is 0 Å². The summed E-state index contributed by atoms with van der Waals surface area (Å²) in [7, 11) is 0. The van der Waals surface area contributed by atoms with Gasteiger partial charge in [-0.05, 0) is 56.4 Å². The van der Waals surface area contributed by atoms with Crippen LogP contribution in [0.1, 0.15) is 42.8 Å². The van der Waals surface area contributed by atoms with Gasteiger partial charge in [0.1, 0.15) is 5.75 Å². The van der Waals surface area contributed by atoms with Crippen LogP contribution in [0.4, 0.5) is 5.69 Å². The average molecular weight is 329 g/mol. The van der Waals surface area contributed by atoms with E-state index in [1.807, 2.05) is 24.6 Å². The molecule has 0 aliphatic rings. The van der Waals surface area contributed by atoms with E-state index in [9.17, 15) is 9.90 Å². The first-order chi connectivity index (χ1) is 11.3. The van der Waals surface area contributed by atoms with Crippen LogP contribution in [-0.4, -0.2) is 20.8 Å². The minimum absolute atomic E-state index is 0.0977. The van der Waals surface area contributed by atoms with Gasteiger partial charge in [0, 0.05) is 18.7 Å². The molecule has 1 heterocycles. The van der Waals surface area contributed by atoms with E-state index in [1.165, 1.54) is 0 Å². The maximum absolute atomic E-state index is 12.2. The molecule has 0 spiro atoms. The van der Waals surface area contributed by atoms with E-state index in [0.29, 0.717) is 24.4 Å².